The molecule has 2 aromatic rings. The number of nitrogens with one attached hydrogen (secondary N) is 2. The summed E-state index contributed by atoms with van der Waals surface area (Å²) in [7, 11) is 1.34. The fourth-order valence-corrected chi connectivity index (χ4v) is 2.51. The summed E-state index contributed by atoms with van der Waals surface area (Å²) in [4.78, 5) is 11.8. The summed E-state index contributed by atoms with van der Waals surface area (Å²) in [6.45, 7) is 2.00. The number of carbonyl (C=O) groups is 1. The number of aromatic amines is 1. The summed E-state index contributed by atoms with van der Waals surface area (Å²) >= 11 is 1.28. The second kappa shape index (κ2) is 5.09. The number of H-pyrrole nitrogens is 1. The summed E-state index contributed by atoms with van der Waals surface area (Å²) in [6.07, 6.45) is 3.56. The minimum atomic E-state index is -0.415. The van der Waals surface area contributed by atoms with Crippen LogP contribution in [0.5, 0.6) is 0 Å². The molecule has 0 bridgehead atoms. The normalized spacial score (nSPS) is 12.1. The van der Waals surface area contributed by atoms with Crippen molar-refractivity contribution in [2.45, 2.75) is 13.0 Å². The Labute approximate surface area is 108 Å². The van der Waals surface area contributed by atoms with E-state index in [1.807, 2.05) is 13.1 Å². The maximum atomic E-state index is 11.4. The largest absolute Gasteiger partial charge is 0.465 e. The van der Waals surface area contributed by atoms with Gasteiger partial charge in [0.05, 0.1) is 30.0 Å². The van der Waals surface area contributed by atoms with Crippen molar-refractivity contribution in [1.29, 1.82) is 0 Å². The molecule has 0 aliphatic carbocycles. The molecule has 0 saturated heterocycles. The zero-order chi connectivity index (χ0) is 13.1. The maximum Gasteiger partial charge on any atom is 0.350 e. The van der Waals surface area contributed by atoms with Crippen LogP contribution in [0.3, 0.4) is 0 Å². The molecule has 0 radical (unpaired) electrons. The molecule has 2 rings (SSSR count). The van der Waals surface area contributed by atoms with E-state index in [9.17, 15) is 4.79 Å². The first-order valence-corrected chi connectivity index (χ1v) is 6.16. The van der Waals surface area contributed by atoms with Gasteiger partial charge in [-0.25, -0.2) is 4.79 Å². The third kappa shape index (κ3) is 2.45. The first-order chi connectivity index (χ1) is 8.61. The Kier molecular flexibility index (Phi) is 3.52. The Morgan fingerprint density at radius 3 is 3.06 bits per heavy atom. The first-order valence-electron chi connectivity index (χ1n) is 5.34. The number of esters is 1. The molecule has 0 amide bonds. The molecule has 4 N–H and O–H groups in total. The van der Waals surface area contributed by atoms with Crippen molar-refractivity contribution < 1.29 is 9.53 Å². The molecule has 1 unspecified atom stereocenters. The summed E-state index contributed by atoms with van der Waals surface area (Å²) < 4.78 is 4.66. The molecule has 0 spiro atoms. The number of nitrogens with zero attached hydrogens (tertiary/aromatic N) is 1. The zero-order valence-corrected chi connectivity index (χ0v) is 10.9. The predicted molar refractivity (Wildman–Crippen MR) is 70.7 cm³/mol. The van der Waals surface area contributed by atoms with E-state index in [2.05, 4.69) is 20.3 Å². The van der Waals surface area contributed by atoms with Gasteiger partial charge in [0.15, 0.2) is 0 Å². The highest BCUT2D eigenvalue weighted by atomic mass is 32.1. The minimum absolute atomic E-state index is 0.0762. The van der Waals surface area contributed by atoms with Crippen LogP contribution in [0.1, 0.15) is 28.2 Å². The number of aromatic nitrogens is 2. The van der Waals surface area contributed by atoms with E-state index in [4.69, 9.17) is 5.73 Å². The number of ether oxygens (including phenoxy) is 1. The molecule has 0 aliphatic rings. The Balaban J connectivity index is 2.13. The van der Waals surface area contributed by atoms with Crippen LogP contribution in [0.25, 0.3) is 0 Å². The van der Waals surface area contributed by atoms with Gasteiger partial charge in [-0.1, -0.05) is 0 Å². The molecule has 2 heterocycles. The number of rotatable bonds is 4. The van der Waals surface area contributed by atoms with Gasteiger partial charge in [-0.2, -0.15) is 5.10 Å². The van der Waals surface area contributed by atoms with Crippen molar-refractivity contribution in [1.82, 2.24) is 10.2 Å². The summed E-state index contributed by atoms with van der Waals surface area (Å²) in [5, 5.41) is 10.7. The molecular formula is C11H14N4O2S. The van der Waals surface area contributed by atoms with Crippen molar-refractivity contribution >= 4 is 28.0 Å². The van der Waals surface area contributed by atoms with Crippen LogP contribution in [-0.4, -0.2) is 23.3 Å². The molecule has 7 heteroatoms. The topological polar surface area (TPSA) is 93.0 Å². The lowest BCUT2D eigenvalue weighted by molar-refractivity contribution is 0.0607. The summed E-state index contributed by atoms with van der Waals surface area (Å²) in [5.41, 5.74) is 7.22. The lowest BCUT2D eigenvalue weighted by Crippen LogP contribution is -2.04. The second-order valence-corrected chi connectivity index (χ2v) is 4.84. The van der Waals surface area contributed by atoms with Gasteiger partial charge in [-0.05, 0) is 13.0 Å². The SMILES string of the molecule is COC(=O)c1sc(NC(C)c2cn[nH]c2)cc1N. The van der Waals surface area contributed by atoms with Crippen LogP contribution in [0.2, 0.25) is 0 Å². The fourth-order valence-electron chi connectivity index (χ4n) is 1.52. The fraction of sp³-hybridized carbons (Fsp3) is 0.273. The van der Waals surface area contributed by atoms with Crippen molar-refractivity contribution in [3.63, 3.8) is 0 Å². The molecule has 0 fully saturated rings. The molecule has 0 aromatic carbocycles. The van der Waals surface area contributed by atoms with E-state index < -0.39 is 5.97 Å². The number of hydrogen-bond donors (Lipinski definition) is 3. The quantitative estimate of drug-likeness (QED) is 0.736. The molecule has 6 nitrogen and oxygen atoms in total. The van der Waals surface area contributed by atoms with Crippen LogP contribution in [0.4, 0.5) is 10.7 Å². The number of nitrogens with two attached hydrogens (primary N) is 1. The molecule has 96 valence electrons. The summed E-state index contributed by atoms with van der Waals surface area (Å²) in [5.74, 6) is -0.415. The molecule has 0 aliphatic heterocycles. The lowest BCUT2D eigenvalue weighted by atomic mass is 10.2. The average molecular weight is 266 g/mol. The highest BCUT2D eigenvalue weighted by Crippen LogP contribution is 2.32. The van der Waals surface area contributed by atoms with Crippen molar-refractivity contribution in [2.75, 3.05) is 18.2 Å². The van der Waals surface area contributed by atoms with Gasteiger partial charge in [0.2, 0.25) is 0 Å². The van der Waals surface area contributed by atoms with E-state index in [1.165, 1.54) is 18.4 Å². The Bertz CT molecular complexity index is 535. The lowest BCUT2D eigenvalue weighted by Gasteiger charge is -2.10. The van der Waals surface area contributed by atoms with Gasteiger partial charge in [0, 0.05) is 11.8 Å². The van der Waals surface area contributed by atoms with E-state index >= 15 is 0 Å². The monoisotopic (exact) mass is 266 g/mol. The number of thiophene rings is 1. The second-order valence-electron chi connectivity index (χ2n) is 3.78. The van der Waals surface area contributed by atoms with Crippen molar-refractivity contribution in [3.8, 4) is 0 Å². The first kappa shape index (κ1) is 12.4. The van der Waals surface area contributed by atoms with E-state index in [-0.39, 0.29) is 6.04 Å². The van der Waals surface area contributed by atoms with Crippen molar-refractivity contribution in [2.24, 2.45) is 0 Å². The highest BCUT2D eigenvalue weighted by Gasteiger charge is 2.16. The summed E-state index contributed by atoms with van der Waals surface area (Å²) in [6, 6.07) is 1.81. The highest BCUT2D eigenvalue weighted by molar-refractivity contribution is 7.18. The van der Waals surface area contributed by atoms with E-state index in [1.54, 1.807) is 12.3 Å². The standard InChI is InChI=1S/C11H14N4O2S/c1-6(7-4-13-14-5-7)15-9-3-8(12)10(18-9)11(16)17-2/h3-6,15H,12H2,1-2H3,(H,13,14). The van der Waals surface area contributed by atoms with Gasteiger partial charge < -0.3 is 15.8 Å². The van der Waals surface area contributed by atoms with Gasteiger partial charge in [0.1, 0.15) is 4.88 Å². The van der Waals surface area contributed by atoms with Gasteiger partial charge in [-0.3, -0.25) is 5.10 Å². The molecule has 2 aromatic heterocycles. The number of carbonyl (C=O) groups excluding carboxylic acids is 1. The molecule has 18 heavy (non-hydrogen) atoms. The van der Waals surface area contributed by atoms with Crippen LogP contribution in [-0.2, 0) is 4.74 Å². The average Bonchev–Trinajstić information content (AvgIpc) is 2.97. The Morgan fingerprint density at radius 1 is 1.67 bits per heavy atom. The third-order valence-electron chi connectivity index (χ3n) is 2.51. The Morgan fingerprint density at radius 2 is 2.44 bits per heavy atom. The van der Waals surface area contributed by atoms with Crippen molar-refractivity contribution in [3.05, 3.63) is 28.9 Å². The van der Waals surface area contributed by atoms with Crippen LogP contribution < -0.4 is 11.1 Å². The number of anilines is 2. The smallest absolute Gasteiger partial charge is 0.350 e. The van der Waals surface area contributed by atoms with Crippen LogP contribution in [0.15, 0.2) is 18.5 Å². The molecule has 1 atom stereocenters. The number of hydrogen-bond acceptors (Lipinski definition) is 6. The molecular weight excluding hydrogens is 252 g/mol. The number of nitrogen functional groups attached to an aromatic ring is 1. The minimum Gasteiger partial charge on any atom is -0.465 e. The predicted octanol–water partition coefficient (Wildman–Crippen LogP) is 2.01. The van der Waals surface area contributed by atoms with E-state index in [0.29, 0.717) is 10.6 Å². The van der Waals surface area contributed by atoms with Crippen LogP contribution in [0, 0.1) is 0 Å². The van der Waals surface area contributed by atoms with Gasteiger partial charge in [-0.15, -0.1) is 11.3 Å². The van der Waals surface area contributed by atoms with E-state index in [0.717, 1.165) is 10.6 Å². The number of methoxy groups -OCH3 is 1. The third-order valence-corrected chi connectivity index (χ3v) is 3.57. The Hall–Kier alpha value is -2.02. The maximum absolute atomic E-state index is 11.4. The zero-order valence-electron chi connectivity index (χ0n) is 10.1. The van der Waals surface area contributed by atoms with Gasteiger partial charge in [0.25, 0.3) is 0 Å². The molecule has 0 saturated carbocycles. The van der Waals surface area contributed by atoms with Gasteiger partial charge >= 0.3 is 5.97 Å². The van der Waals surface area contributed by atoms with Crippen LogP contribution >= 0.6 is 11.3 Å².